The van der Waals surface area contributed by atoms with Crippen LogP contribution in [0.2, 0.25) is 0 Å². The predicted molar refractivity (Wildman–Crippen MR) is 285 cm³/mol. The Bertz CT molecular complexity index is 3140. The number of hydrogen-bond donors (Lipinski definition) is 6. The van der Waals surface area contributed by atoms with Gasteiger partial charge in [-0.25, -0.2) is 13.6 Å². The van der Waals surface area contributed by atoms with Gasteiger partial charge in [0.25, 0.3) is 18.3 Å². The molecule has 17 nitrogen and oxygen atoms in total. The van der Waals surface area contributed by atoms with Crippen LogP contribution in [-0.4, -0.2) is 136 Å². The van der Waals surface area contributed by atoms with Crippen LogP contribution in [0.15, 0.2) is 77.6 Å². The van der Waals surface area contributed by atoms with Crippen LogP contribution in [0.25, 0.3) is 21.8 Å². The van der Waals surface area contributed by atoms with Crippen LogP contribution in [0.3, 0.4) is 0 Å². The van der Waals surface area contributed by atoms with E-state index in [0.29, 0.717) is 80.7 Å². The van der Waals surface area contributed by atoms with Crippen LogP contribution < -0.4 is 31.9 Å². The lowest BCUT2D eigenvalue weighted by molar-refractivity contribution is -0.141. The standard InChI is InChI=1S/C56H65F2N9O6.CH2O2/c1-35-8-12-40(61-49-32-59-33-56(49,57)58)30-45(35)51(69)60-36(2)42-14-11-38(43-6-4-5-7-44(42)43)10-9-37-18-24-64(25-19-37)34-55(73)22-28-66(29-23-55)53(71)39-20-26-65(27-21-39)41-13-15-46-48(31-41)63(3)54(72)67(46)47-16-17-50(68)62-52(47)70;2-1-3/h4-8,11-15,30-31,36-37,39,47,49,59,61,73H,16-29,32-34H2,1-3H3,(H,60,69)(H,62,68,70);1H,(H,2,3)/t36-,47?,49+;/m1./s1. The number of alkyl halides is 2. The van der Waals surface area contributed by atoms with E-state index in [0.717, 1.165) is 59.1 Å². The van der Waals surface area contributed by atoms with Crippen molar-refractivity contribution in [2.75, 3.05) is 69.1 Å². The van der Waals surface area contributed by atoms with Crippen molar-refractivity contribution in [3.63, 3.8) is 0 Å². The summed E-state index contributed by atoms with van der Waals surface area (Å²) >= 11 is 0. The molecule has 0 saturated carbocycles. The Labute approximate surface area is 440 Å². The number of nitrogens with zero attached hydrogens (tertiary/aromatic N) is 5. The van der Waals surface area contributed by atoms with Gasteiger partial charge in [0.2, 0.25) is 17.7 Å². The molecule has 1 aromatic heterocycles. The molecular formula is C57H67F2N9O8. The summed E-state index contributed by atoms with van der Waals surface area (Å²) in [5.41, 5.74) is 4.65. The maximum absolute atomic E-state index is 14.3. The minimum Gasteiger partial charge on any atom is -0.483 e. The molecule has 5 aliphatic rings. The van der Waals surface area contributed by atoms with E-state index in [4.69, 9.17) is 9.90 Å². The highest BCUT2D eigenvalue weighted by Gasteiger charge is 2.44. The average Bonchev–Trinajstić information content (AvgIpc) is 3.90. The molecule has 19 heteroatoms. The average molecular weight is 1040 g/mol. The third-order valence-corrected chi connectivity index (χ3v) is 16.1. The van der Waals surface area contributed by atoms with E-state index in [2.05, 4.69) is 49.0 Å². The van der Waals surface area contributed by atoms with Gasteiger partial charge >= 0.3 is 5.69 Å². The molecule has 0 bridgehead atoms. The number of carboxylic acid groups (broad SMARTS) is 1. The number of likely N-dealkylation sites (tertiary alicyclic amines) is 2. The highest BCUT2D eigenvalue weighted by atomic mass is 19.3. The Morgan fingerprint density at radius 3 is 2.29 bits per heavy atom. The molecule has 5 aliphatic heterocycles. The summed E-state index contributed by atoms with van der Waals surface area (Å²) in [6.07, 6.45) is 4.72. The van der Waals surface area contributed by atoms with Crippen molar-refractivity contribution in [2.45, 2.75) is 94.9 Å². The van der Waals surface area contributed by atoms with Crippen molar-refractivity contribution in [1.29, 1.82) is 0 Å². The van der Waals surface area contributed by atoms with Crippen molar-refractivity contribution >= 4 is 63.3 Å². The summed E-state index contributed by atoms with van der Waals surface area (Å²) in [6, 6.07) is 20.9. The Balaban J connectivity index is 0.00000230. The zero-order valence-corrected chi connectivity index (χ0v) is 43.2. The Kier molecular flexibility index (Phi) is 16.0. The predicted octanol–water partition coefficient (Wildman–Crippen LogP) is 5.32. The van der Waals surface area contributed by atoms with E-state index in [1.165, 1.54) is 4.57 Å². The summed E-state index contributed by atoms with van der Waals surface area (Å²) in [5.74, 6) is 3.34. The normalized spacial score (nSPS) is 21.5. The molecule has 4 amide bonds. The number of carbonyl (C=O) groups excluding carboxylic acids is 4. The molecule has 5 aromatic rings. The second-order valence-corrected chi connectivity index (χ2v) is 21.1. The van der Waals surface area contributed by atoms with Crippen molar-refractivity contribution in [3.05, 3.63) is 106 Å². The molecule has 6 N–H and O–H groups in total. The number of imide groups is 1. The van der Waals surface area contributed by atoms with Gasteiger partial charge in [0.15, 0.2) is 0 Å². The number of aromatic nitrogens is 2. The number of benzene rings is 4. The van der Waals surface area contributed by atoms with Gasteiger partial charge in [-0.05, 0) is 130 Å². The summed E-state index contributed by atoms with van der Waals surface area (Å²) in [6.45, 7) is 7.95. The molecule has 5 saturated heterocycles. The maximum Gasteiger partial charge on any atom is 0.329 e. The smallest absolute Gasteiger partial charge is 0.329 e. The van der Waals surface area contributed by atoms with Crippen molar-refractivity contribution in [1.82, 2.24) is 34.9 Å². The van der Waals surface area contributed by atoms with E-state index < -0.39 is 29.5 Å². The zero-order valence-electron chi connectivity index (χ0n) is 43.2. The van der Waals surface area contributed by atoms with Crippen molar-refractivity contribution in [3.8, 4) is 11.8 Å². The number of fused-ring (bicyclic) bond motifs is 2. The monoisotopic (exact) mass is 1040 g/mol. The first kappa shape index (κ1) is 53.7. The number of amides is 4. The van der Waals surface area contributed by atoms with E-state index in [-0.39, 0.29) is 73.7 Å². The third kappa shape index (κ3) is 11.5. The van der Waals surface area contributed by atoms with E-state index in [1.807, 2.05) is 67.3 Å². The van der Waals surface area contributed by atoms with Gasteiger partial charge in [-0.15, -0.1) is 0 Å². The van der Waals surface area contributed by atoms with E-state index in [9.17, 15) is 37.9 Å². The van der Waals surface area contributed by atoms with Gasteiger partial charge in [-0.3, -0.25) is 38.4 Å². The maximum atomic E-state index is 14.3. The molecule has 5 fully saturated rings. The summed E-state index contributed by atoms with van der Waals surface area (Å²) in [5, 5.41) is 31.8. The number of rotatable bonds is 10. The number of halogens is 2. The first-order valence-corrected chi connectivity index (χ1v) is 26.4. The van der Waals surface area contributed by atoms with Crippen LogP contribution in [0.4, 0.5) is 20.2 Å². The molecule has 4 aromatic carbocycles. The Morgan fingerprint density at radius 2 is 1.61 bits per heavy atom. The minimum atomic E-state index is -2.88. The summed E-state index contributed by atoms with van der Waals surface area (Å²) < 4.78 is 31.7. The second kappa shape index (κ2) is 22.6. The molecule has 3 atom stereocenters. The lowest BCUT2D eigenvalue weighted by atomic mass is 9.87. The van der Waals surface area contributed by atoms with E-state index in [1.54, 1.807) is 29.8 Å². The fraction of sp³-hybridized carbons (Fsp3) is 0.474. The van der Waals surface area contributed by atoms with Gasteiger partial charge in [-0.1, -0.05) is 48.2 Å². The highest BCUT2D eigenvalue weighted by Crippen LogP contribution is 2.34. The second-order valence-electron chi connectivity index (χ2n) is 21.1. The Morgan fingerprint density at radius 1 is 0.895 bits per heavy atom. The summed E-state index contributed by atoms with van der Waals surface area (Å²) in [7, 11) is 1.69. The number of β-amino-alcohol motifs (C(OH)–C–C–N with tert-alkyl or cyclic N) is 1. The van der Waals surface area contributed by atoms with Gasteiger partial charge in [-0.2, -0.15) is 0 Å². The SMILES string of the molecule is Cc1ccc(N[C@H]2CNCC2(F)F)cc1C(=O)N[C@H](C)c1ccc(C#CC2CCN(CC3(O)CCN(C(=O)C4CCN(c5ccc6c(c5)n(C)c(=O)n6C5CCC(=O)NC5=O)CC4)CC3)CC2)c2ccccc12.O=CO. The molecule has 0 spiro atoms. The van der Waals surface area contributed by atoms with Crippen molar-refractivity contribution < 1.29 is 43.0 Å². The van der Waals surface area contributed by atoms with Gasteiger partial charge in [0, 0.05) is 87.1 Å². The minimum absolute atomic E-state index is 0.0950. The number of hydrogen-bond acceptors (Lipinski definition) is 11. The topological polar surface area (TPSA) is 211 Å². The Hall–Kier alpha value is -7.14. The fourth-order valence-corrected chi connectivity index (χ4v) is 11.7. The quantitative estimate of drug-likeness (QED) is 0.0597. The molecule has 76 heavy (non-hydrogen) atoms. The fourth-order valence-electron chi connectivity index (χ4n) is 11.7. The molecule has 0 radical (unpaired) electrons. The van der Waals surface area contributed by atoms with E-state index >= 15 is 0 Å². The molecular weight excluding hydrogens is 977 g/mol. The molecule has 10 rings (SSSR count). The number of imidazole rings is 1. The number of carbonyl (C=O) groups is 5. The number of nitrogens with one attached hydrogen (secondary N) is 4. The van der Waals surface area contributed by atoms with Crippen LogP contribution in [0.1, 0.15) is 97.4 Å². The van der Waals surface area contributed by atoms with Gasteiger partial charge in [0.05, 0.1) is 29.2 Å². The van der Waals surface area contributed by atoms with Crippen LogP contribution >= 0.6 is 0 Å². The van der Waals surface area contributed by atoms with Crippen LogP contribution in [-0.2, 0) is 26.2 Å². The first-order valence-electron chi connectivity index (χ1n) is 26.4. The molecule has 6 heterocycles. The summed E-state index contributed by atoms with van der Waals surface area (Å²) in [4.78, 5) is 80.0. The number of aliphatic hydroxyl groups is 1. The van der Waals surface area contributed by atoms with Gasteiger partial charge in [0.1, 0.15) is 12.1 Å². The zero-order chi connectivity index (χ0) is 53.9. The number of piperidine rings is 4. The largest absolute Gasteiger partial charge is 0.483 e. The lowest BCUT2D eigenvalue weighted by Gasteiger charge is -2.43. The number of aryl methyl sites for hydroxylation is 2. The lowest BCUT2D eigenvalue weighted by Crippen LogP contribution is -2.54. The molecule has 1 unspecified atom stereocenters. The van der Waals surface area contributed by atoms with Crippen LogP contribution in [0, 0.1) is 30.6 Å². The first-order chi connectivity index (χ1) is 36.4. The van der Waals surface area contributed by atoms with Crippen LogP contribution in [0.5, 0.6) is 0 Å². The number of anilines is 2. The third-order valence-electron chi connectivity index (χ3n) is 16.1. The molecule has 402 valence electrons. The highest BCUT2D eigenvalue weighted by molar-refractivity contribution is 6.00. The molecule has 0 aliphatic carbocycles. The van der Waals surface area contributed by atoms with Crippen molar-refractivity contribution in [2.24, 2.45) is 18.9 Å². The van der Waals surface area contributed by atoms with Gasteiger partial charge < -0.3 is 40.9 Å².